The van der Waals surface area contributed by atoms with Crippen molar-refractivity contribution < 1.29 is 33.6 Å². The summed E-state index contributed by atoms with van der Waals surface area (Å²) in [7, 11) is 3.06. The van der Waals surface area contributed by atoms with Crippen LogP contribution in [0.4, 0.5) is 0 Å². The number of carbonyl (C=O) groups is 2. The molecule has 0 radical (unpaired) electrons. The lowest BCUT2D eigenvalue weighted by Crippen LogP contribution is -2.42. The number of likely N-dealkylation sites (tertiary alicyclic amines) is 1. The van der Waals surface area contributed by atoms with E-state index in [1.165, 1.54) is 19.1 Å². The Kier molecular flexibility index (Phi) is 8.47. The van der Waals surface area contributed by atoms with E-state index < -0.39 is 17.7 Å². The molecule has 0 unspecified atom stereocenters. The van der Waals surface area contributed by atoms with Crippen molar-refractivity contribution in [2.75, 3.05) is 60.2 Å². The number of amides is 1. The minimum Gasteiger partial charge on any atom is -0.507 e. The summed E-state index contributed by atoms with van der Waals surface area (Å²) in [6, 6.07) is 11.0. The maximum absolute atomic E-state index is 13.4. The number of hydrogen-bond acceptors (Lipinski definition) is 8. The molecular formula is C28H32N2O7. The Morgan fingerprint density at radius 2 is 1.76 bits per heavy atom. The summed E-state index contributed by atoms with van der Waals surface area (Å²) < 4.78 is 22.0. The molecule has 9 heteroatoms. The summed E-state index contributed by atoms with van der Waals surface area (Å²) in [4.78, 5) is 30.4. The third kappa shape index (κ3) is 5.63. The lowest BCUT2D eigenvalue weighted by molar-refractivity contribution is -0.140. The van der Waals surface area contributed by atoms with Crippen molar-refractivity contribution in [3.63, 3.8) is 0 Å². The molecule has 1 amide bonds. The molecule has 2 heterocycles. The van der Waals surface area contributed by atoms with E-state index in [4.69, 9.17) is 18.9 Å². The average molecular weight is 509 g/mol. The van der Waals surface area contributed by atoms with E-state index in [1.807, 2.05) is 0 Å². The lowest BCUT2D eigenvalue weighted by Gasteiger charge is -2.31. The Balaban J connectivity index is 1.77. The summed E-state index contributed by atoms with van der Waals surface area (Å²) in [5.41, 5.74) is 0.942. The standard InChI is InChI=1S/C28H32N2O7/c1-4-15-37-20-7-5-19(6-8-20)26(31)24-25(22-18-21(34-2)9-10-23(22)35-3)30(28(33)27(24)32)12-11-29-13-16-36-17-14-29/h4-10,18,25,31H,1,11-17H2,2-3H3/t25-/m0/s1. The number of Topliss-reactive ketones (excluding diaryl/α,β-unsaturated/α-hetero) is 1. The van der Waals surface area contributed by atoms with E-state index in [1.54, 1.807) is 48.5 Å². The predicted molar refractivity (Wildman–Crippen MR) is 138 cm³/mol. The molecule has 0 saturated carbocycles. The highest BCUT2D eigenvalue weighted by molar-refractivity contribution is 6.46. The maximum Gasteiger partial charge on any atom is 0.295 e. The molecule has 0 aliphatic carbocycles. The summed E-state index contributed by atoms with van der Waals surface area (Å²) in [5, 5.41) is 11.4. The molecule has 2 aliphatic heterocycles. The van der Waals surface area contributed by atoms with Gasteiger partial charge in [0.05, 0.1) is 39.0 Å². The van der Waals surface area contributed by atoms with Crippen LogP contribution in [0.1, 0.15) is 17.2 Å². The molecule has 2 saturated heterocycles. The number of hydrogen-bond donors (Lipinski definition) is 1. The highest BCUT2D eigenvalue weighted by Crippen LogP contribution is 2.43. The second-order valence-corrected chi connectivity index (χ2v) is 8.68. The van der Waals surface area contributed by atoms with Gasteiger partial charge in [0.25, 0.3) is 11.7 Å². The summed E-state index contributed by atoms with van der Waals surface area (Å²) >= 11 is 0. The Bertz CT molecular complexity index is 1170. The van der Waals surface area contributed by atoms with Gasteiger partial charge in [0.2, 0.25) is 0 Å². The normalized spacial score (nSPS) is 19.6. The fraction of sp³-hybridized carbons (Fsp3) is 0.357. The lowest BCUT2D eigenvalue weighted by atomic mass is 9.94. The SMILES string of the molecule is C=CCOc1ccc(C(O)=C2C(=O)C(=O)N(CCN3CCOCC3)[C@H]2c2cc(OC)ccc2OC)cc1. The molecule has 9 nitrogen and oxygen atoms in total. The van der Waals surface area contributed by atoms with Gasteiger partial charge in [-0.15, -0.1) is 0 Å². The summed E-state index contributed by atoms with van der Waals surface area (Å²) in [6.45, 7) is 7.57. The molecule has 2 fully saturated rings. The molecule has 0 aromatic heterocycles. The maximum atomic E-state index is 13.4. The zero-order valence-electron chi connectivity index (χ0n) is 21.1. The minimum absolute atomic E-state index is 0.00158. The molecule has 1 atom stereocenters. The first-order valence-corrected chi connectivity index (χ1v) is 12.1. The van der Waals surface area contributed by atoms with Gasteiger partial charge in [-0.25, -0.2) is 0 Å². The van der Waals surface area contributed by atoms with Gasteiger partial charge >= 0.3 is 0 Å². The van der Waals surface area contributed by atoms with Gasteiger partial charge < -0.3 is 29.0 Å². The summed E-state index contributed by atoms with van der Waals surface area (Å²) in [6.07, 6.45) is 1.63. The van der Waals surface area contributed by atoms with Crippen LogP contribution in [0.25, 0.3) is 5.76 Å². The predicted octanol–water partition coefficient (Wildman–Crippen LogP) is 3.02. The number of benzene rings is 2. The number of aliphatic hydroxyl groups is 1. The van der Waals surface area contributed by atoms with E-state index in [2.05, 4.69) is 11.5 Å². The zero-order chi connectivity index (χ0) is 26.4. The first-order valence-electron chi connectivity index (χ1n) is 12.1. The van der Waals surface area contributed by atoms with E-state index >= 15 is 0 Å². The van der Waals surface area contributed by atoms with Crippen LogP contribution in [-0.2, 0) is 14.3 Å². The fourth-order valence-electron chi connectivity index (χ4n) is 4.58. The molecule has 0 spiro atoms. The van der Waals surface area contributed by atoms with Gasteiger partial charge in [0, 0.05) is 37.3 Å². The number of morpholine rings is 1. The number of methoxy groups -OCH3 is 2. The molecular weight excluding hydrogens is 476 g/mol. The second kappa shape index (κ2) is 11.9. The number of ketones is 1. The third-order valence-electron chi connectivity index (χ3n) is 6.53. The Morgan fingerprint density at radius 3 is 2.41 bits per heavy atom. The van der Waals surface area contributed by atoms with Crippen LogP contribution in [0.2, 0.25) is 0 Å². The second-order valence-electron chi connectivity index (χ2n) is 8.68. The Labute approximate surface area is 216 Å². The highest BCUT2D eigenvalue weighted by Gasteiger charge is 2.47. The molecule has 2 aromatic carbocycles. The highest BCUT2D eigenvalue weighted by atomic mass is 16.5. The quantitative estimate of drug-likeness (QED) is 0.226. The van der Waals surface area contributed by atoms with Crippen molar-refractivity contribution in [1.29, 1.82) is 0 Å². The fourth-order valence-corrected chi connectivity index (χ4v) is 4.58. The topological polar surface area (TPSA) is 97.8 Å². The van der Waals surface area contributed by atoms with Crippen LogP contribution < -0.4 is 14.2 Å². The molecule has 37 heavy (non-hydrogen) atoms. The average Bonchev–Trinajstić information content (AvgIpc) is 3.19. The molecule has 4 rings (SSSR count). The molecule has 2 aliphatic rings. The third-order valence-corrected chi connectivity index (χ3v) is 6.53. The van der Waals surface area contributed by atoms with Crippen molar-refractivity contribution in [3.05, 3.63) is 71.8 Å². The van der Waals surface area contributed by atoms with E-state index in [0.29, 0.717) is 61.3 Å². The Hall–Kier alpha value is -3.82. The first kappa shape index (κ1) is 26.2. The van der Waals surface area contributed by atoms with Crippen molar-refractivity contribution >= 4 is 17.4 Å². The van der Waals surface area contributed by atoms with Crippen LogP contribution in [0.15, 0.2) is 60.7 Å². The van der Waals surface area contributed by atoms with Crippen LogP contribution in [0.3, 0.4) is 0 Å². The van der Waals surface area contributed by atoms with Crippen molar-refractivity contribution in [1.82, 2.24) is 9.80 Å². The van der Waals surface area contributed by atoms with Crippen molar-refractivity contribution in [2.45, 2.75) is 6.04 Å². The van der Waals surface area contributed by atoms with Crippen LogP contribution in [-0.4, -0.2) is 86.8 Å². The van der Waals surface area contributed by atoms with Crippen LogP contribution in [0.5, 0.6) is 17.2 Å². The number of rotatable bonds is 10. The Morgan fingerprint density at radius 1 is 1.05 bits per heavy atom. The van der Waals surface area contributed by atoms with Gasteiger partial charge in [-0.05, 0) is 42.5 Å². The van der Waals surface area contributed by atoms with E-state index in [-0.39, 0.29) is 11.3 Å². The van der Waals surface area contributed by atoms with E-state index in [0.717, 1.165) is 13.1 Å². The number of carbonyl (C=O) groups excluding carboxylic acids is 2. The summed E-state index contributed by atoms with van der Waals surface area (Å²) in [5.74, 6) is -0.0795. The number of ether oxygens (including phenoxy) is 4. The zero-order valence-corrected chi connectivity index (χ0v) is 21.1. The molecule has 2 aromatic rings. The number of aliphatic hydroxyl groups excluding tert-OH is 1. The van der Waals surface area contributed by atoms with Gasteiger partial charge in [0.1, 0.15) is 29.6 Å². The van der Waals surface area contributed by atoms with Gasteiger partial charge in [-0.3, -0.25) is 14.5 Å². The minimum atomic E-state index is -0.859. The molecule has 196 valence electrons. The van der Waals surface area contributed by atoms with Crippen LogP contribution >= 0.6 is 0 Å². The van der Waals surface area contributed by atoms with Gasteiger partial charge in [-0.1, -0.05) is 12.7 Å². The monoisotopic (exact) mass is 508 g/mol. The smallest absolute Gasteiger partial charge is 0.295 e. The molecule has 0 bridgehead atoms. The number of nitrogens with zero attached hydrogens (tertiary/aromatic N) is 2. The van der Waals surface area contributed by atoms with Crippen molar-refractivity contribution in [2.24, 2.45) is 0 Å². The van der Waals surface area contributed by atoms with Gasteiger partial charge in [-0.2, -0.15) is 0 Å². The molecule has 1 N–H and O–H groups in total. The van der Waals surface area contributed by atoms with E-state index in [9.17, 15) is 14.7 Å². The first-order chi connectivity index (χ1) is 18.0. The van der Waals surface area contributed by atoms with Crippen molar-refractivity contribution in [3.8, 4) is 17.2 Å². The van der Waals surface area contributed by atoms with Crippen LogP contribution in [0, 0.1) is 0 Å². The van der Waals surface area contributed by atoms with Gasteiger partial charge in [0.15, 0.2) is 0 Å². The largest absolute Gasteiger partial charge is 0.507 e.